The molecule has 0 radical (unpaired) electrons. The van der Waals surface area contributed by atoms with Crippen LogP contribution in [0.3, 0.4) is 0 Å². The van der Waals surface area contributed by atoms with Crippen molar-refractivity contribution in [3.63, 3.8) is 0 Å². The number of rotatable bonds is 6. The van der Waals surface area contributed by atoms with Crippen molar-refractivity contribution in [2.24, 2.45) is 0 Å². The van der Waals surface area contributed by atoms with Crippen LogP contribution in [-0.4, -0.2) is 33.7 Å². The van der Waals surface area contributed by atoms with Crippen LogP contribution >= 0.6 is 0 Å². The number of hydrogen-bond acceptors (Lipinski definition) is 3. The summed E-state index contributed by atoms with van der Waals surface area (Å²) in [7, 11) is 5.33. The zero-order chi connectivity index (χ0) is 14.4. The van der Waals surface area contributed by atoms with E-state index < -0.39 is 0 Å². The van der Waals surface area contributed by atoms with Crippen LogP contribution in [-0.2, 0) is 4.79 Å². The summed E-state index contributed by atoms with van der Waals surface area (Å²) in [6.07, 6.45) is 1.38. The van der Waals surface area contributed by atoms with Gasteiger partial charge in [0.1, 0.15) is 5.75 Å². The molecule has 4 heteroatoms. The van der Waals surface area contributed by atoms with Crippen LogP contribution < -0.4 is 15.0 Å². The Morgan fingerprint density at radius 3 is 2.63 bits per heavy atom. The van der Waals surface area contributed by atoms with Gasteiger partial charge in [-0.2, -0.15) is 0 Å². The Labute approximate surface area is 115 Å². The summed E-state index contributed by atoms with van der Waals surface area (Å²) in [6.45, 7) is 4.87. The molecular formula is C15H24N2O2. The van der Waals surface area contributed by atoms with Gasteiger partial charge >= 0.3 is 0 Å². The minimum Gasteiger partial charge on any atom is -0.495 e. The average molecular weight is 264 g/mol. The van der Waals surface area contributed by atoms with Gasteiger partial charge in [-0.3, -0.25) is 4.79 Å². The lowest BCUT2D eigenvalue weighted by Gasteiger charge is -2.22. The second-order valence-electron chi connectivity index (χ2n) is 4.79. The Kier molecular flexibility index (Phi) is 5.83. The van der Waals surface area contributed by atoms with Gasteiger partial charge in [0.05, 0.1) is 12.8 Å². The summed E-state index contributed by atoms with van der Waals surface area (Å²) < 4.78 is 5.40. The average Bonchev–Trinajstić information content (AvgIpc) is 2.37. The Hall–Kier alpha value is -1.55. The highest BCUT2D eigenvalue weighted by Gasteiger charge is 2.17. The van der Waals surface area contributed by atoms with E-state index in [9.17, 15) is 4.79 Å². The summed E-state index contributed by atoms with van der Waals surface area (Å²) in [6, 6.07) is 4.02. The Bertz CT molecular complexity index is 444. The van der Waals surface area contributed by atoms with E-state index in [1.54, 1.807) is 12.0 Å². The lowest BCUT2D eigenvalue weighted by molar-refractivity contribution is -0.118. The van der Waals surface area contributed by atoms with Crippen molar-refractivity contribution in [3.05, 3.63) is 23.3 Å². The van der Waals surface area contributed by atoms with Crippen LogP contribution in [0, 0.1) is 13.8 Å². The fourth-order valence-corrected chi connectivity index (χ4v) is 2.22. The van der Waals surface area contributed by atoms with Gasteiger partial charge < -0.3 is 15.0 Å². The van der Waals surface area contributed by atoms with Crippen LogP contribution in [0.4, 0.5) is 5.69 Å². The molecule has 0 heterocycles. The van der Waals surface area contributed by atoms with Gasteiger partial charge in [-0.15, -0.1) is 0 Å². The second-order valence-corrected chi connectivity index (χ2v) is 4.79. The van der Waals surface area contributed by atoms with Gasteiger partial charge in [0.15, 0.2) is 0 Å². The normalized spacial score (nSPS) is 10.4. The molecule has 0 unspecified atom stereocenters. The van der Waals surface area contributed by atoms with Crippen molar-refractivity contribution in [1.29, 1.82) is 0 Å². The van der Waals surface area contributed by atoms with Crippen LogP contribution in [0.5, 0.6) is 5.75 Å². The largest absolute Gasteiger partial charge is 0.495 e. The predicted molar refractivity (Wildman–Crippen MR) is 79.0 cm³/mol. The number of carbonyl (C=O) groups excluding carboxylic acids is 1. The fourth-order valence-electron chi connectivity index (χ4n) is 2.22. The number of nitrogens with one attached hydrogen (secondary N) is 1. The quantitative estimate of drug-likeness (QED) is 0.801. The van der Waals surface area contributed by atoms with Gasteiger partial charge in [0.25, 0.3) is 0 Å². The Morgan fingerprint density at radius 1 is 1.37 bits per heavy atom. The number of amides is 1. The molecule has 106 valence electrons. The zero-order valence-corrected chi connectivity index (χ0v) is 12.5. The van der Waals surface area contributed by atoms with E-state index in [4.69, 9.17) is 4.74 Å². The number of carbonyl (C=O) groups is 1. The van der Waals surface area contributed by atoms with E-state index in [1.807, 2.05) is 34.0 Å². The van der Waals surface area contributed by atoms with Crippen molar-refractivity contribution in [2.45, 2.75) is 26.7 Å². The molecule has 1 aromatic carbocycles. The number of ether oxygens (including phenoxy) is 1. The maximum Gasteiger partial charge on any atom is 0.226 e. The van der Waals surface area contributed by atoms with E-state index in [2.05, 4.69) is 11.4 Å². The molecule has 0 aliphatic heterocycles. The Morgan fingerprint density at radius 2 is 2.05 bits per heavy atom. The minimum absolute atomic E-state index is 0.112. The van der Waals surface area contributed by atoms with Gasteiger partial charge in [-0.25, -0.2) is 0 Å². The molecule has 4 nitrogen and oxygen atoms in total. The molecule has 0 atom stereocenters. The lowest BCUT2D eigenvalue weighted by Crippen LogP contribution is -2.28. The molecule has 0 fully saturated rings. The highest BCUT2D eigenvalue weighted by Crippen LogP contribution is 2.32. The van der Waals surface area contributed by atoms with Crippen LogP contribution in [0.2, 0.25) is 0 Å². The molecule has 0 aromatic heterocycles. The van der Waals surface area contributed by atoms with Crippen molar-refractivity contribution < 1.29 is 9.53 Å². The Balaban J connectivity index is 2.92. The molecule has 1 amide bonds. The predicted octanol–water partition coefficient (Wildman–Crippen LogP) is 2.27. The van der Waals surface area contributed by atoms with E-state index in [0.717, 1.165) is 35.5 Å². The number of benzene rings is 1. The number of aryl methyl sites for hydroxylation is 2. The van der Waals surface area contributed by atoms with E-state index in [-0.39, 0.29) is 5.91 Å². The first-order valence-corrected chi connectivity index (χ1v) is 6.57. The molecule has 1 rings (SSSR count). The number of methoxy groups -OCH3 is 1. The van der Waals surface area contributed by atoms with Crippen molar-refractivity contribution in [3.8, 4) is 5.75 Å². The maximum atomic E-state index is 12.2. The molecule has 0 bridgehead atoms. The molecule has 0 aliphatic carbocycles. The van der Waals surface area contributed by atoms with Crippen LogP contribution in [0.1, 0.15) is 24.0 Å². The molecule has 0 spiro atoms. The van der Waals surface area contributed by atoms with Crippen molar-refractivity contribution in [1.82, 2.24) is 5.32 Å². The van der Waals surface area contributed by atoms with Gasteiger partial charge in [-0.05, 0) is 51.1 Å². The topological polar surface area (TPSA) is 41.6 Å². The van der Waals surface area contributed by atoms with Crippen LogP contribution in [0.15, 0.2) is 12.1 Å². The zero-order valence-electron chi connectivity index (χ0n) is 12.5. The number of anilines is 1. The summed E-state index contributed by atoms with van der Waals surface area (Å²) in [5, 5.41) is 3.05. The van der Waals surface area contributed by atoms with E-state index in [0.29, 0.717) is 6.42 Å². The lowest BCUT2D eigenvalue weighted by atomic mass is 10.1. The molecule has 0 saturated carbocycles. The number of hydrogen-bond donors (Lipinski definition) is 1. The van der Waals surface area contributed by atoms with Gasteiger partial charge in [-0.1, -0.05) is 6.07 Å². The standard InChI is InChI=1S/C15H24N2O2/c1-11-9-12(2)15(13(10-11)19-5)17(4)14(18)7-6-8-16-3/h9-10,16H,6-8H2,1-5H3. The first-order valence-electron chi connectivity index (χ1n) is 6.57. The first-order chi connectivity index (χ1) is 9.01. The molecule has 0 aliphatic rings. The monoisotopic (exact) mass is 264 g/mol. The fraction of sp³-hybridized carbons (Fsp3) is 0.533. The van der Waals surface area contributed by atoms with Gasteiger partial charge in [0, 0.05) is 13.5 Å². The summed E-state index contributed by atoms with van der Waals surface area (Å²) >= 11 is 0. The summed E-state index contributed by atoms with van der Waals surface area (Å²) in [5.74, 6) is 0.863. The van der Waals surface area contributed by atoms with Crippen molar-refractivity contribution >= 4 is 11.6 Å². The first kappa shape index (κ1) is 15.5. The van der Waals surface area contributed by atoms with Gasteiger partial charge in [0.2, 0.25) is 5.91 Å². The third-order valence-corrected chi connectivity index (χ3v) is 3.16. The minimum atomic E-state index is 0.112. The third-order valence-electron chi connectivity index (χ3n) is 3.16. The SMILES string of the molecule is CNCCCC(=O)N(C)c1c(C)cc(C)cc1OC. The second kappa shape index (κ2) is 7.14. The molecule has 0 saturated heterocycles. The highest BCUT2D eigenvalue weighted by molar-refractivity contribution is 5.95. The van der Waals surface area contributed by atoms with Crippen LogP contribution in [0.25, 0.3) is 0 Å². The molecule has 19 heavy (non-hydrogen) atoms. The van der Waals surface area contributed by atoms with Crippen molar-refractivity contribution in [2.75, 3.05) is 32.6 Å². The van der Waals surface area contributed by atoms with E-state index in [1.165, 1.54) is 0 Å². The summed E-state index contributed by atoms with van der Waals surface area (Å²) in [4.78, 5) is 13.9. The molecular weight excluding hydrogens is 240 g/mol. The maximum absolute atomic E-state index is 12.2. The smallest absolute Gasteiger partial charge is 0.226 e. The molecule has 1 aromatic rings. The number of nitrogens with zero attached hydrogens (tertiary/aromatic N) is 1. The van der Waals surface area contributed by atoms with E-state index >= 15 is 0 Å². The highest BCUT2D eigenvalue weighted by atomic mass is 16.5. The third kappa shape index (κ3) is 3.96. The molecule has 1 N–H and O–H groups in total. The summed E-state index contributed by atoms with van der Waals surface area (Å²) in [5.41, 5.74) is 3.05.